The van der Waals surface area contributed by atoms with Crippen molar-refractivity contribution in [2.75, 3.05) is 32.1 Å². The number of aliphatic hydroxyl groups is 1. The summed E-state index contributed by atoms with van der Waals surface area (Å²) in [5.74, 6) is -1.05. The van der Waals surface area contributed by atoms with Crippen LogP contribution in [0.3, 0.4) is 0 Å². The van der Waals surface area contributed by atoms with E-state index in [-0.39, 0.29) is 45.9 Å². The molecule has 1 fully saturated rings. The Balaban J connectivity index is 1.29. The first-order valence-electron chi connectivity index (χ1n) is 14.0. The topological polar surface area (TPSA) is 131 Å². The Bertz CT molecular complexity index is 1980. The summed E-state index contributed by atoms with van der Waals surface area (Å²) in [7, 11) is 3.18. The molecular weight excluding hydrogens is 608 g/mol. The van der Waals surface area contributed by atoms with Crippen LogP contribution < -0.4 is 9.64 Å². The Hall–Kier alpha value is -4.75. The predicted molar refractivity (Wildman–Crippen MR) is 164 cm³/mol. The van der Waals surface area contributed by atoms with Gasteiger partial charge in [-0.2, -0.15) is 15.0 Å². The van der Waals surface area contributed by atoms with Crippen LogP contribution in [-0.2, 0) is 10.4 Å². The molecule has 1 amide bonds. The highest BCUT2D eigenvalue weighted by molar-refractivity contribution is 6.36. The van der Waals surface area contributed by atoms with E-state index in [1.807, 2.05) is 4.90 Å². The van der Waals surface area contributed by atoms with Crippen molar-refractivity contribution in [2.45, 2.75) is 31.9 Å². The molecule has 1 saturated heterocycles. The number of likely N-dealkylation sites (tertiary alicyclic amines) is 1. The van der Waals surface area contributed by atoms with Gasteiger partial charge in [0, 0.05) is 55.5 Å². The zero-order valence-corrected chi connectivity index (χ0v) is 25.5. The van der Waals surface area contributed by atoms with Crippen molar-refractivity contribution < 1.29 is 27.9 Å². The summed E-state index contributed by atoms with van der Waals surface area (Å²) < 4.78 is 41.1. The van der Waals surface area contributed by atoms with E-state index in [1.54, 1.807) is 36.2 Å². The number of benzene rings is 2. The Morgan fingerprint density at radius 1 is 1.22 bits per heavy atom. The van der Waals surface area contributed by atoms with Crippen LogP contribution in [0, 0.1) is 11.6 Å². The Kier molecular flexibility index (Phi) is 7.83. The molecule has 1 unspecified atom stereocenters. The first-order chi connectivity index (χ1) is 21.5. The molecule has 11 nitrogen and oxygen atoms in total. The number of carbonyl (C=O) groups excluding carboxylic acids is 1. The third-order valence-corrected chi connectivity index (χ3v) is 8.10. The monoisotopic (exact) mass is 635 g/mol. The van der Waals surface area contributed by atoms with Crippen LogP contribution in [0.4, 0.5) is 14.6 Å². The summed E-state index contributed by atoms with van der Waals surface area (Å²) in [6, 6.07) is 7.70. The second-order valence-corrected chi connectivity index (χ2v) is 11.5. The van der Waals surface area contributed by atoms with Crippen LogP contribution in [0.5, 0.6) is 6.01 Å². The number of amides is 1. The van der Waals surface area contributed by atoms with Gasteiger partial charge in [0.2, 0.25) is 11.7 Å². The number of hydrogen-bond donors (Lipinski definition) is 1. The largest absolute Gasteiger partial charge is 0.467 e. The number of nitrogens with zero attached hydrogens (tertiary/aromatic N) is 7. The number of hydrogen-bond acceptors (Lipinski definition) is 10. The van der Waals surface area contributed by atoms with Gasteiger partial charge in [-0.3, -0.25) is 9.78 Å². The summed E-state index contributed by atoms with van der Waals surface area (Å²) in [4.78, 5) is 33.7. The summed E-state index contributed by atoms with van der Waals surface area (Å²) in [5, 5.41) is 14.9. The smallest absolute Gasteiger partial charge is 0.318 e. The van der Waals surface area contributed by atoms with E-state index >= 15 is 4.39 Å². The fourth-order valence-electron chi connectivity index (χ4n) is 5.31. The molecule has 5 aromatic rings. The fourth-order valence-corrected chi connectivity index (χ4v) is 5.58. The number of pyridine rings is 1. The molecule has 3 aromatic heterocycles. The van der Waals surface area contributed by atoms with Crippen molar-refractivity contribution in [1.82, 2.24) is 30.0 Å². The molecule has 2 aromatic carbocycles. The van der Waals surface area contributed by atoms with Crippen LogP contribution in [0.15, 0.2) is 47.1 Å². The molecule has 1 aliphatic heterocycles. The maximum Gasteiger partial charge on any atom is 0.318 e. The summed E-state index contributed by atoms with van der Waals surface area (Å²) in [6.07, 6.45) is 4.81. The number of carbonyl (C=O) groups is 1. The second kappa shape index (κ2) is 11.6. The van der Waals surface area contributed by atoms with E-state index in [0.717, 1.165) is 0 Å². The molecule has 14 heteroatoms. The van der Waals surface area contributed by atoms with Crippen LogP contribution in [0.1, 0.15) is 32.0 Å². The highest BCUT2D eigenvalue weighted by Gasteiger charge is 2.31. The minimum absolute atomic E-state index is 0.0305. The predicted octanol–water partition coefficient (Wildman–Crippen LogP) is 5.15. The van der Waals surface area contributed by atoms with Crippen LogP contribution in [0.2, 0.25) is 5.02 Å². The number of ether oxygens (including phenoxy) is 1. The fraction of sp³-hybridized carbons (Fsp3) is 0.290. The molecule has 6 rings (SSSR count). The van der Waals surface area contributed by atoms with E-state index in [1.165, 1.54) is 45.4 Å². The molecule has 0 aliphatic carbocycles. The molecule has 1 N–H and O–H groups in total. The average Bonchev–Trinajstić information content (AvgIpc) is 3.72. The van der Waals surface area contributed by atoms with Gasteiger partial charge in [-0.1, -0.05) is 41.0 Å². The first-order valence-corrected chi connectivity index (χ1v) is 14.4. The molecular formula is C31H28ClF2N7O4. The van der Waals surface area contributed by atoms with Crippen molar-refractivity contribution in [1.29, 1.82) is 0 Å². The number of methoxy groups -OCH3 is 1. The zero-order chi connectivity index (χ0) is 32.0. The quantitative estimate of drug-likeness (QED) is 0.240. The molecule has 0 spiro atoms. The molecule has 0 saturated carbocycles. The standard InChI is InChI=1S/C31H28ClF2N7O4/c1-31(2,43)29-36-21(45-39-29)10-11-22(42)41-13-12-17(15-41)40(3)28-19-14-35-26(25(34)27(19)37-30(38-28)44-4)18-7-5-6-16-8-9-20(33)24(32)23(16)18/h5-11,14,17,43H,12-13,15H2,1-4H3/b11-10+. The van der Waals surface area contributed by atoms with Crippen molar-refractivity contribution in [3.8, 4) is 17.3 Å². The Morgan fingerprint density at radius 2 is 2.02 bits per heavy atom. The van der Waals surface area contributed by atoms with E-state index in [2.05, 4.69) is 25.1 Å². The molecule has 1 aliphatic rings. The van der Waals surface area contributed by atoms with Gasteiger partial charge in [-0.05, 0) is 31.7 Å². The average molecular weight is 636 g/mol. The van der Waals surface area contributed by atoms with Crippen molar-refractivity contribution >= 4 is 51.1 Å². The lowest BCUT2D eigenvalue weighted by Gasteiger charge is -2.27. The molecule has 0 bridgehead atoms. The summed E-state index contributed by atoms with van der Waals surface area (Å²) in [5.41, 5.74) is -1.03. The van der Waals surface area contributed by atoms with Crippen molar-refractivity contribution in [3.05, 3.63) is 71.0 Å². The zero-order valence-electron chi connectivity index (χ0n) is 24.8. The first kappa shape index (κ1) is 30.3. The lowest BCUT2D eigenvalue weighted by atomic mass is 10.0. The molecule has 45 heavy (non-hydrogen) atoms. The number of anilines is 1. The normalized spacial score (nSPS) is 15.5. The summed E-state index contributed by atoms with van der Waals surface area (Å²) in [6.45, 7) is 3.88. The Labute approximate surface area is 261 Å². The molecule has 1 atom stereocenters. The number of halogens is 3. The van der Waals surface area contributed by atoms with Gasteiger partial charge in [-0.15, -0.1) is 0 Å². The second-order valence-electron chi connectivity index (χ2n) is 11.2. The van der Waals surface area contributed by atoms with E-state index in [9.17, 15) is 14.3 Å². The maximum atomic E-state index is 16.3. The van der Waals surface area contributed by atoms with Crippen LogP contribution in [0.25, 0.3) is 39.0 Å². The van der Waals surface area contributed by atoms with Crippen LogP contribution >= 0.6 is 11.6 Å². The third-order valence-electron chi connectivity index (χ3n) is 7.73. The highest BCUT2D eigenvalue weighted by atomic mass is 35.5. The van der Waals surface area contributed by atoms with Crippen molar-refractivity contribution in [3.63, 3.8) is 0 Å². The van der Waals surface area contributed by atoms with Gasteiger partial charge in [0.05, 0.1) is 17.5 Å². The number of rotatable bonds is 7. The lowest BCUT2D eigenvalue weighted by molar-refractivity contribution is -0.124. The van der Waals surface area contributed by atoms with Gasteiger partial charge >= 0.3 is 6.01 Å². The highest BCUT2D eigenvalue weighted by Crippen LogP contribution is 2.38. The van der Waals surface area contributed by atoms with Gasteiger partial charge < -0.3 is 24.2 Å². The van der Waals surface area contributed by atoms with E-state index in [0.29, 0.717) is 47.1 Å². The van der Waals surface area contributed by atoms with Crippen molar-refractivity contribution in [2.24, 2.45) is 0 Å². The molecule has 4 heterocycles. The number of likely N-dealkylation sites (N-methyl/N-ethyl adjacent to an activating group) is 1. The minimum atomic E-state index is -1.27. The SMILES string of the molecule is COc1nc(N(C)C2CCN(C(=O)/C=C/c3nc(C(C)(C)O)no3)C2)c2cnc(-c3cccc4ccc(F)c(Cl)c34)c(F)c2n1. The Morgan fingerprint density at radius 3 is 2.76 bits per heavy atom. The summed E-state index contributed by atoms with van der Waals surface area (Å²) >= 11 is 6.31. The van der Waals surface area contributed by atoms with Gasteiger partial charge in [0.15, 0.2) is 5.82 Å². The maximum absolute atomic E-state index is 16.3. The van der Waals surface area contributed by atoms with E-state index in [4.69, 9.17) is 20.9 Å². The third kappa shape index (κ3) is 5.64. The number of fused-ring (bicyclic) bond motifs is 2. The van der Waals surface area contributed by atoms with Gasteiger partial charge in [0.1, 0.15) is 28.4 Å². The molecule has 0 radical (unpaired) electrons. The lowest BCUT2D eigenvalue weighted by Crippen LogP contribution is -2.36. The van der Waals surface area contributed by atoms with Gasteiger partial charge in [-0.25, -0.2) is 8.78 Å². The van der Waals surface area contributed by atoms with E-state index < -0.39 is 17.2 Å². The molecule has 232 valence electrons. The van der Waals surface area contributed by atoms with Gasteiger partial charge in [0.25, 0.3) is 5.89 Å². The number of aromatic nitrogens is 5. The van der Waals surface area contributed by atoms with Crippen LogP contribution in [-0.4, -0.2) is 74.3 Å². The minimum Gasteiger partial charge on any atom is -0.467 e.